The van der Waals surface area contributed by atoms with Gasteiger partial charge < -0.3 is 9.32 Å². The molecule has 2 heteroatoms. The Morgan fingerprint density at radius 1 is 0.259 bits per heavy atom. The van der Waals surface area contributed by atoms with Crippen LogP contribution in [-0.2, 0) is 0 Å². The third-order valence-corrected chi connectivity index (χ3v) is 12.0. The van der Waals surface area contributed by atoms with Gasteiger partial charge in [-0.3, -0.25) is 0 Å². The van der Waals surface area contributed by atoms with Crippen molar-refractivity contribution in [1.29, 1.82) is 0 Å². The van der Waals surface area contributed by atoms with E-state index in [1.807, 2.05) is 12.1 Å². The number of hydrogen-bond donors (Lipinski definition) is 0. The van der Waals surface area contributed by atoms with Crippen LogP contribution < -0.4 is 4.90 Å². The summed E-state index contributed by atoms with van der Waals surface area (Å²) in [4.78, 5) is 2.37. The molecule has 2 nitrogen and oxygen atoms in total. The van der Waals surface area contributed by atoms with Crippen molar-refractivity contribution in [3.05, 3.63) is 212 Å². The van der Waals surface area contributed by atoms with E-state index in [1.165, 1.54) is 66.1 Å². The van der Waals surface area contributed by atoms with Crippen molar-refractivity contribution in [3.63, 3.8) is 0 Å². The molecule has 0 amide bonds. The number of nitrogens with zero attached hydrogens (tertiary/aromatic N) is 1. The first-order valence-electron chi connectivity index (χ1n) is 19.9. The van der Waals surface area contributed by atoms with Crippen molar-refractivity contribution in [2.24, 2.45) is 0 Å². The lowest BCUT2D eigenvalue weighted by Crippen LogP contribution is -2.10. The normalized spacial score (nSPS) is 11.8. The molecular formula is C56H35NO. The number of anilines is 3. The van der Waals surface area contributed by atoms with E-state index in [0.29, 0.717) is 0 Å². The molecule has 0 atom stereocenters. The number of rotatable bonds is 6. The van der Waals surface area contributed by atoms with E-state index < -0.39 is 0 Å². The fourth-order valence-electron chi connectivity index (χ4n) is 8.95. The molecule has 58 heavy (non-hydrogen) atoms. The number of benzene rings is 10. The summed E-state index contributed by atoms with van der Waals surface area (Å²) in [5.74, 6) is 0. The highest BCUT2D eigenvalue weighted by Gasteiger charge is 2.24. The van der Waals surface area contributed by atoms with Crippen LogP contribution in [0.3, 0.4) is 0 Å². The Balaban J connectivity index is 0.928. The van der Waals surface area contributed by atoms with Gasteiger partial charge in [-0.1, -0.05) is 127 Å². The predicted octanol–water partition coefficient (Wildman–Crippen LogP) is 16.0. The molecule has 0 aliphatic heterocycles. The molecule has 1 aromatic heterocycles. The standard InChI is InChI=1S/C56H35NO/c1-3-9-36(10-4-1)38-17-23-46(24-18-38)57(47-25-19-39(20-26-47)41-22-28-56-54(33-41)49-13-7-8-14-55(49)58-56)48-27-21-43-32-51-52-34-44-29-40(37-11-5-2-6-12-37)15-16-42(44)31-50(52)53(51)35-45(43)30-48/h1-35H. The molecule has 11 aromatic rings. The van der Waals surface area contributed by atoms with E-state index in [2.05, 4.69) is 205 Å². The molecule has 1 aliphatic rings. The Bertz CT molecular complexity index is 3360. The second kappa shape index (κ2) is 12.9. The summed E-state index contributed by atoms with van der Waals surface area (Å²) < 4.78 is 6.12. The van der Waals surface area contributed by atoms with Crippen molar-refractivity contribution < 1.29 is 4.42 Å². The minimum atomic E-state index is 0.909. The van der Waals surface area contributed by atoms with Gasteiger partial charge in [0.15, 0.2) is 0 Å². The van der Waals surface area contributed by atoms with Crippen LogP contribution in [-0.4, -0.2) is 0 Å². The smallest absolute Gasteiger partial charge is 0.135 e. The van der Waals surface area contributed by atoms with Crippen LogP contribution in [0.2, 0.25) is 0 Å². The summed E-state index contributed by atoms with van der Waals surface area (Å²) >= 11 is 0. The SMILES string of the molecule is c1ccc(-c2ccc(N(c3ccc(-c4ccc5oc6ccccc6c5c4)cc3)c3ccc4cc5c(cc4c3)-c3cc4ccc(-c6ccccc6)cc4cc3-5)cc2)cc1. The van der Waals surface area contributed by atoms with E-state index in [9.17, 15) is 0 Å². The molecule has 0 saturated carbocycles. The quantitative estimate of drug-likeness (QED) is 0.169. The van der Waals surface area contributed by atoms with Crippen LogP contribution in [0.5, 0.6) is 0 Å². The predicted molar refractivity (Wildman–Crippen MR) is 244 cm³/mol. The summed E-state index contributed by atoms with van der Waals surface area (Å²) in [6.45, 7) is 0. The number of para-hydroxylation sites is 1. The van der Waals surface area contributed by atoms with E-state index in [-0.39, 0.29) is 0 Å². The van der Waals surface area contributed by atoms with Crippen LogP contribution in [0.15, 0.2) is 217 Å². The zero-order chi connectivity index (χ0) is 38.2. The maximum atomic E-state index is 6.12. The van der Waals surface area contributed by atoms with Crippen molar-refractivity contribution in [2.75, 3.05) is 4.90 Å². The number of hydrogen-bond acceptors (Lipinski definition) is 2. The molecule has 1 aliphatic carbocycles. The largest absolute Gasteiger partial charge is 0.456 e. The van der Waals surface area contributed by atoms with Gasteiger partial charge in [0.1, 0.15) is 11.2 Å². The van der Waals surface area contributed by atoms with E-state index in [1.54, 1.807) is 0 Å². The molecule has 0 saturated heterocycles. The van der Waals surface area contributed by atoms with Gasteiger partial charge in [0.05, 0.1) is 0 Å². The van der Waals surface area contributed by atoms with Crippen LogP contribution in [0, 0.1) is 0 Å². The molecule has 0 fully saturated rings. The first-order valence-corrected chi connectivity index (χ1v) is 19.9. The topological polar surface area (TPSA) is 16.4 Å². The molecule has 1 heterocycles. The average Bonchev–Trinajstić information content (AvgIpc) is 3.67. The Labute approximate surface area is 336 Å². The van der Waals surface area contributed by atoms with Crippen LogP contribution in [0.25, 0.3) is 99.1 Å². The van der Waals surface area contributed by atoms with Crippen molar-refractivity contribution in [3.8, 4) is 55.6 Å². The van der Waals surface area contributed by atoms with E-state index in [4.69, 9.17) is 4.42 Å². The third-order valence-electron chi connectivity index (χ3n) is 12.0. The Hall–Kier alpha value is -7.68. The Morgan fingerprint density at radius 3 is 1.34 bits per heavy atom. The van der Waals surface area contributed by atoms with Gasteiger partial charge in [-0.05, 0) is 162 Å². The number of furan rings is 1. The van der Waals surface area contributed by atoms with Gasteiger partial charge in [-0.15, -0.1) is 0 Å². The average molecular weight is 738 g/mol. The lowest BCUT2D eigenvalue weighted by Gasteiger charge is -2.28. The number of fused-ring (bicyclic) bond motifs is 9. The van der Waals surface area contributed by atoms with Crippen molar-refractivity contribution in [2.45, 2.75) is 0 Å². The fraction of sp³-hybridized carbons (Fsp3) is 0. The lowest BCUT2D eigenvalue weighted by molar-refractivity contribution is 0.669. The van der Waals surface area contributed by atoms with Crippen LogP contribution in [0.4, 0.5) is 17.1 Å². The Kier molecular flexibility index (Phi) is 7.26. The summed E-state index contributed by atoms with van der Waals surface area (Å²) in [6, 6.07) is 77.1. The maximum absolute atomic E-state index is 6.12. The molecule has 0 unspecified atom stereocenters. The lowest BCUT2D eigenvalue weighted by atomic mass is 9.77. The zero-order valence-corrected chi connectivity index (χ0v) is 31.6. The van der Waals surface area contributed by atoms with Gasteiger partial charge in [-0.25, -0.2) is 0 Å². The van der Waals surface area contributed by atoms with E-state index in [0.717, 1.165) is 50.1 Å². The molecule has 0 spiro atoms. The Morgan fingerprint density at radius 2 is 0.690 bits per heavy atom. The molecule has 0 radical (unpaired) electrons. The maximum Gasteiger partial charge on any atom is 0.135 e. The highest BCUT2D eigenvalue weighted by atomic mass is 16.3. The fourth-order valence-corrected chi connectivity index (χ4v) is 8.95. The van der Waals surface area contributed by atoms with Gasteiger partial charge in [0, 0.05) is 27.8 Å². The van der Waals surface area contributed by atoms with Crippen molar-refractivity contribution in [1.82, 2.24) is 0 Å². The molecule has 0 N–H and O–H groups in total. The van der Waals surface area contributed by atoms with Gasteiger partial charge in [0.2, 0.25) is 0 Å². The minimum Gasteiger partial charge on any atom is -0.456 e. The van der Waals surface area contributed by atoms with Crippen LogP contribution >= 0.6 is 0 Å². The van der Waals surface area contributed by atoms with Gasteiger partial charge in [-0.2, -0.15) is 0 Å². The first-order chi connectivity index (χ1) is 28.7. The molecule has 12 rings (SSSR count). The second-order valence-electron chi connectivity index (χ2n) is 15.4. The third kappa shape index (κ3) is 5.34. The zero-order valence-electron chi connectivity index (χ0n) is 31.6. The molecule has 10 aromatic carbocycles. The minimum absolute atomic E-state index is 0.909. The second-order valence-corrected chi connectivity index (χ2v) is 15.4. The highest BCUT2D eigenvalue weighted by molar-refractivity contribution is 6.12. The summed E-state index contributed by atoms with van der Waals surface area (Å²) in [5.41, 5.74) is 17.7. The summed E-state index contributed by atoms with van der Waals surface area (Å²) in [6.07, 6.45) is 0. The molecular weight excluding hydrogens is 703 g/mol. The van der Waals surface area contributed by atoms with Gasteiger partial charge >= 0.3 is 0 Å². The monoisotopic (exact) mass is 737 g/mol. The van der Waals surface area contributed by atoms with E-state index >= 15 is 0 Å². The summed E-state index contributed by atoms with van der Waals surface area (Å²) in [7, 11) is 0. The summed E-state index contributed by atoms with van der Waals surface area (Å²) in [5, 5.41) is 7.28. The highest BCUT2D eigenvalue weighted by Crippen LogP contribution is 2.51. The molecule has 0 bridgehead atoms. The van der Waals surface area contributed by atoms with Gasteiger partial charge in [0.25, 0.3) is 0 Å². The van der Waals surface area contributed by atoms with Crippen LogP contribution in [0.1, 0.15) is 0 Å². The van der Waals surface area contributed by atoms with Crippen molar-refractivity contribution >= 4 is 60.5 Å². The molecule has 270 valence electrons. The first kappa shape index (κ1) is 32.6.